The Hall–Kier alpha value is -0.940. The second-order valence-electron chi connectivity index (χ2n) is 5.23. The Balaban J connectivity index is 1.50. The standard InChI is InChI=1S/C13H21N3O2/c1-2-8-14-10(4-1)6-7-12-15-13(16-18-12)11-5-3-9-17-11/h10-11,14H,1-9H2. The Bertz CT molecular complexity index is 368. The van der Waals surface area contributed by atoms with Gasteiger partial charge in [0.1, 0.15) is 6.10 Å². The van der Waals surface area contributed by atoms with Crippen LogP contribution in [0.5, 0.6) is 0 Å². The second-order valence-corrected chi connectivity index (χ2v) is 5.23. The number of hydrogen-bond donors (Lipinski definition) is 1. The van der Waals surface area contributed by atoms with Crippen LogP contribution in [0.25, 0.3) is 0 Å². The summed E-state index contributed by atoms with van der Waals surface area (Å²) in [6.45, 7) is 1.97. The van der Waals surface area contributed by atoms with E-state index >= 15 is 0 Å². The van der Waals surface area contributed by atoms with Gasteiger partial charge in [0.15, 0.2) is 0 Å². The molecule has 3 heterocycles. The summed E-state index contributed by atoms with van der Waals surface area (Å²) in [5, 5.41) is 7.57. The summed E-state index contributed by atoms with van der Waals surface area (Å²) in [6.07, 6.45) is 8.06. The molecular weight excluding hydrogens is 230 g/mol. The first-order valence-corrected chi connectivity index (χ1v) is 7.09. The van der Waals surface area contributed by atoms with Crippen LogP contribution in [0.4, 0.5) is 0 Å². The monoisotopic (exact) mass is 251 g/mol. The predicted octanol–water partition coefficient (Wildman–Crippen LogP) is 2.00. The number of nitrogens with zero attached hydrogens (tertiary/aromatic N) is 2. The van der Waals surface area contributed by atoms with Crippen LogP contribution in [0.2, 0.25) is 0 Å². The first kappa shape index (κ1) is 12.1. The van der Waals surface area contributed by atoms with Gasteiger partial charge in [-0.3, -0.25) is 0 Å². The van der Waals surface area contributed by atoms with Crippen molar-refractivity contribution >= 4 is 0 Å². The number of rotatable bonds is 4. The fourth-order valence-corrected chi connectivity index (χ4v) is 2.75. The van der Waals surface area contributed by atoms with E-state index in [-0.39, 0.29) is 6.10 Å². The van der Waals surface area contributed by atoms with Crippen molar-refractivity contribution < 1.29 is 9.26 Å². The van der Waals surface area contributed by atoms with Crippen LogP contribution in [-0.4, -0.2) is 29.3 Å². The SMILES string of the molecule is C1CCC(CCc2nc(C3CCCO3)no2)NC1. The molecule has 3 rings (SSSR count). The van der Waals surface area contributed by atoms with Crippen molar-refractivity contribution in [2.75, 3.05) is 13.2 Å². The summed E-state index contributed by atoms with van der Waals surface area (Å²) in [4.78, 5) is 4.45. The maximum atomic E-state index is 5.55. The average molecular weight is 251 g/mol. The van der Waals surface area contributed by atoms with Gasteiger partial charge in [-0.05, 0) is 38.6 Å². The quantitative estimate of drug-likeness (QED) is 0.886. The summed E-state index contributed by atoms with van der Waals surface area (Å²) >= 11 is 0. The molecule has 0 saturated carbocycles. The van der Waals surface area contributed by atoms with Crippen LogP contribution in [0.3, 0.4) is 0 Å². The molecule has 2 fully saturated rings. The van der Waals surface area contributed by atoms with Crippen molar-refractivity contribution in [1.29, 1.82) is 0 Å². The number of aromatic nitrogens is 2. The molecule has 0 spiro atoms. The first-order chi connectivity index (χ1) is 8.92. The molecule has 2 atom stereocenters. The lowest BCUT2D eigenvalue weighted by molar-refractivity contribution is 0.103. The molecule has 0 bridgehead atoms. The van der Waals surface area contributed by atoms with Gasteiger partial charge in [-0.25, -0.2) is 0 Å². The molecule has 5 heteroatoms. The summed E-state index contributed by atoms with van der Waals surface area (Å²) in [7, 11) is 0. The predicted molar refractivity (Wildman–Crippen MR) is 66.2 cm³/mol. The van der Waals surface area contributed by atoms with Gasteiger partial charge < -0.3 is 14.6 Å². The molecule has 0 radical (unpaired) electrons. The second kappa shape index (κ2) is 5.80. The lowest BCUT2D eigenvalue weighted by atomic mass is 10.0. The lowest BCUT2D eigenvalue weighted by Gasteiger charge is -2.22. The zero-order valence-electron chi connectivity index (χ0n) is 10.7. The maximum Gasteiger partial charge on any atom is 0.226 e. The maximum absolute atomic E-state index is 5.55. The Morgan fingerprint density at radius 2 is 2.22 bits per heavy atom. The third kappa shape index (κ3) is 2.90. The number of piperidine rings is 1. The molecule has 0 aliphatic carbocycles. The number of hydrogen-bond acceptors (Lipinski definition) is 5. The van der Waals surface area contributed by atoms with Gasteiger partial charge in [-0.1, -0.05) is 11.6 Å². The molecule has 2 saturated heterocycles. The normalized spacial score (nSPS) is 28.7. The fraction of sp³-hybridized carbons (Fsp3) is 0.846. The Labute approximate surface area is 107 Å². The summed E-state index contributed by atoms with van der Waals surface area (Å²) in [5.41, 5.74) is 0. The molecule has 18 heavy (non-hydrogen) atoms. The van der Waals surface area contributed by atoms with Crippen molar-refractivity contribution in [2.45, 2.75) is 57.1 Å². The summed E-state index contributed by atoms with van der Waals surface area (Å²) in [5.74, 6) is 1.49. The van der Waals surface area contributed by atoms with Crippen LogP contribution < -0.4 is 5.32 Å². The molecule has 2 unspecified atom stereocenters. The van der Waals surface area contributed by atoms with Gasteiger partial charge in [0.05, 0.1) is 0 Å². The molecule has 2 aliphatic heterocycles. The van der Waals surface area contributed by atoms with Crippen molar-refractivity contribution in [2.24, 2.45) is 0 Å². The molecule has 0 aromatic carbocycles. The van der Waals surface area contributed by atoms with E-state index in [0.29, 0.717) is 6.04 Å². The highest BCUT2D eigenvalue weighted by molar-refractivity contribution is 4.93. The smallest absolute Gasteiger partial charge is 0.226 e. The highest BCUT2D eigenvalue weighted by Gasteiger charge is 2.23. The van der Waals surface area contributed by atoms with E-state index in [4.69, 9.17) is 9.26 Å². The van der Waals surface area contributed by atoms with Crippen LogP contribution in [0, 0.1) is 0 Å². The van der Waals surface area contributed by atoms with E-state index in [9.17, 15) is 0 Å². The molecular formula is C13H21N3O2. The Morgan fingerprint density at radius 3 is 3.00 bits per heavy atom. The molecule has 100 valence electrons. The van der Waals surface area contributed by atoms with E-state index < -0.39 is 0 Å². The molecule has 1 N–H and O–H groups in total. The molecule has 2 aliphatic rings. The van der Waals surface area contributed by atoms with E-state index in [1.165, 1.54) is 19.3 Å². The molecule has 1 aromatic rings. The van der Waals surface area contributed by atoms with Crippen LogP contribution >= 0.6 is 0 Å². The van der Waals surface area contributed by atoms with Crippen LogP contribution in [0.15, 0.2) is 4.52 Å². The van der Waals surface area contributed by atoms with E-state index in [2.05, 4.69) is 15.5 Å². The van der Waals surface area contributed by atoms with Crippen LogP contribution in [0.1, 0.15) is 56.3 Å². The first-order valence-electron chi connectivity index (χ1n) is 7.09. The van der Waals surface area contributed by atoms with E-state index in [1.807, 2.05) is 0 Å². The average Bonchev–Trinajstić information content (AvgIpc) is 3.08. The highest BCUT2D eigenvalue weighted by Crippen LogP contribution is 2.26. The largest absolute Gasteiger partial charge is 0.370 e. The van der Waals surface area contributed by atoms with Gasteiger partial charge in [0.25, 0.3) is 0 Å². The Morgan fingerprint density at radius 1 is 1.22 bits per heavy atom. The number of ether oxygens (including phenoxy) is 1. The minimum Gasteiger partial charge on any atom is -0.370 e. The molecule has 0 amide bonds. The summed E-state index contributed by atoms with van der Waals surface area (Å²) in [6, 6.07) is 0.622. The van der Waals surface area contributed by atoms with Crippen molar-refractivity contribution in [3.05, 3.63) is 11.7 Å². The molecule has 1 aromatic heterocycles. The zero-order valence-corrected chi connectivity index (χ0v) is 10.7. The van der Waals surface area contributed by atoms with Crippen molar-refractivity contribution in [3.63, 3.8) is 0 Å². The zero-order chi connectivity index (χ0) is 12.2. The third-order valence-electron chi connectivity index (χ3n) is 3.82. The fourth-order valence-electron chi connectivity index (χ4n) is 2.75. The summed E-state index contributed by atoms with van der Waals surface area (Å²) < 4.78 is 10.8. The van der Waals surface area contributed by atoms with Gasteiger partial charge in [-0.2, -0.15) is 4.98 Å². The van der Waals surface area contributed by atoms with Gasteiger partial charge >= 0.3 is 0 Å². The third-order valence-corrected chi connectivity index (χ3v) is 3.82. The van der Waals surface area contributed by atoms with Crippen molar-refractivity contribution in [3.8, 4) is 0 Å². The number of aryl methyl sites for hydroxylation is 1. The Kier molecular flexibility index (Phi) is 3.90. The van der Waals surface area contributed by atoms with E-state index in [0.717, 1.165) is 50.6 Å². The molecule has 5 nitrogen and oxygen atoms in total. The van der Waals surface area contributed by atoms with E-state index in [1.54, 1.807) is 0 Å². The lowest BCUT2D eigenvalue weighted by Crippen LogP contribution is -2.34. The number of nitrogens with one attached hydrogen (secondary N) is 1. The minimum absolute atomic E-state index is 0.0651. The topological polar surface area (TPSA) is 60.2 Å². The van der Waals surface area contributed by atoms with Gasteiger partial charge in [-0.15, -0.1) is 0 Å². The van der Waals surface area contributed by atoms with Crippen molar-refractivity contribution in [1.82, 2.24) is 15.5 Å². The van der Waals surface area contributed by atoms with Crippen LogP contribution in [-0.2, 0) is 11.2 Å². The van der Waals surface area contributed by atoms with Gasteiger partial charge in [0.2, 0.25) is 11.7 Å². The highest BCUT2D eigenvalue weighted by atomic mass is 16.5. The van der Waals surface area contributed by atoms with Gasteiger partial charge in [0, 0.05) is 19.1 Å². The minimum atomic E-state index is 0.0651.